The molecule has 7 heteroatoms. The van der Waals surface area contributed by atoms with Gasteiger partial charge in [0.1, 0.15) is 17.5 Å². The first kappa shape index (κ1) is 44.3. The first-order chi connectivity index (χ1) is 23.3. The lowest BCUT2D eigenvalue weighted by Gasteiger charge is -2.31. The Balaban J connectivity index is 0.000000641. The topological polar surface area (TPSA) is 101 Å². The second kappa shape index (κ2) is 17.7. The third-order valence-corrected chi connectivity index (χ3v) is 10.3. The first-order valence-corrected chi connectivity index (χ1v) is 19.0. The molecule has 1 aromatic carbocycles. The zero-order valence-electron chi connectivity index (χ0n) is 34.2. The highest BCUT2D eigenvalue weighted by atomic mass is 16.5. The Morgan fingerprint density at radius 3 is 1.98 bits per heavy atom. The molecule has 1 saturated heterocycles. The summed E-state index contributed by atoms with van der Waals surface area (Å²) >= 11 is 0. The van der Waals surface area contributed by atoms with E-state index in [1.165, 1.54) is 24.3 Å². The Hall–Kier alpha value is -2.90. The number of ketones is 2. The molecule has 6 unspecified atom stereocenters. The fraction of sp³-hybridized carbons (Fsp3) is 0.682. The van der Waals surface area contributed by atoms with E-state index >= 15 is 0 Å². The average Bonchev–Trinajstić information content (AvgIpc) is 3.50. The fourth-order valence-corrected chi connectivity index (χ4v) is 7.44. The van der Waals surface area contributed by atoms with Gasteiger partial charge in [-0.1, -0.05) is 110 Å². The van der Waals surface area contributed by atoms with E-state index in [2.05, 4.69) is 91.8 Å². The molecule has 286 valence electrons. The molecule has 3 rings (SSSR count). The van der Waals surface area contributed by atoms with E-state index in [1.807, 2.05) is 32.0 Å². The predicted octanol–water partition coefficient (Wildman–Crippen LogP) is 8.92. The molecule has 2 aliphatic rings. The van der Waals surface area contributed by atoms with Gasteiger partial charge in [0.25, 0.3) is 0 Å². The van der Waals surface area contributed by atoms with Gasteiger partial charge in [0.05, 0.1) is 17.4 Å². The molecule has 0 bridgehead atoms. The van der Waals surface area contributed by atoms with Gasteiger partial charge in [-0.25, -0.2) is 0 Å². The maximum Gasteiger partial charge on any atom is 0.233 e. The number of amides is 2. The second-order valence-electron chi connectivity index (χ2n) is 18.3. The van der Waals surface area contributed by atoms with Gasteiger partial charge in [-0.15, -0.1) is 0 Å². The Morgan fingerprint density at radius 1 is 0.902 bits per heavy atom. The molecule has 1 heterocycles. The maximum atomic E-state index is 13.7. The van der Waals surface area contributed by atoms with Crippen molar-refractivity contribution in [3.8, 4) is 0 Å². The fourth-order valence-electron chi connectivity index (χ4n) is 7.44. The lowest BCUT2D eigenvalue weighted by Crippen LogP contribution is -2.43. The van der Waals surface area contributed by atoms with E-state index in [9.17, 15) is 24.3 Å². The zero-order chi connectivity index (χ0) is 39.1. The lowest BCUT2D eigenvalue weighted by molar-refractivity contribution is -0.155. The van der Waals surface area contributed by atoms with Crippen molar-refractivity contribution >= 4 is 23.4 Å². The predicted molar refractivity (Wildman–Crippen MR) is 207 cm³/mol. The summed E-state index contributed by atoms with van der Waals surface area (Å²) in [6.07, 6.45) is 10.6. The van der Waals surface area contributed by atoms with E-state index in [1.54, 1.807) is 13.8 Å². The molecule has 0 spiro atoms. The lowest BCUT2D eigenvalue weighted by atomic mass is 9.82. The van der Waals surface area contributed by atoms with Crippen molar-refractivity contribution in [2.75, 3.05) is 6.54 Å². The smallest absolute Gasteiger partial charge is 0.233 e. The number of carbonyl (C=O) groups is 4. The molecule has 1 aliphatic heterocycles. The summed E-state index contributed by atoms with van der Waals surface area (Å²) in [6, 6.07) is 10.3. The van der Waals surface area contributed by atoms with Crippen LogP contribution in [0.15, 0.2) is 54.6 Å². The highest BCUT2D eigenvalue weighted by Crippen LogP contribution is 2.51. The molecule has 0 aromatic heterocycles. The van der Waals surface area contributed by atoms with Crippen LogP contribution in [0, 0.1) is 40.9 Å². The van der Waals surface area contributed by atoms with Crippen molar-refractivity contribution in [2.45, 2.75) is 145 Å². The molecule has 2 amide bonds. The minimum Gasteiger partial charge on any atom is -0.383 e. The monoisotopic (exact) mass is 708 g/mol. The second-order valence-corrected chi connectivity index (χ2v) is 18.3. The van der Waals surface area contributed by atoms with Gasteiger partial charge >= 0.3 is 0 Å². The van der Waals surface area contributed by atoms with Crippen molar-refractivity contribution in [3.63, 3.8) is 0 Å². The van der Waals surface area contributed by atoms with Gasteiger partial charge in [-0.2, -0.15) is 0 Å². The Bertz CT molecular complexity index is 1390. The molecule has 0 radical (unpaired) electrons. The van der Waals surface area contributed by atoms with Crippen LogP contribution in [0.1, 0.15) is 128 Å². The van der Waals surface area contributed by atoms with Gasteiger partial charge < -0.3 is 14.6 Å². The number of nitrogens with zero attached hydrogens (tertiary/aromatic N) is 1. The van der Waals surface area contributed by atoms with Crippen molar-refractivity contribution in [2.24, 2.45) is 40.9 Å². The largest absolute Gasteiger partial charge is 0.383 e. The number of carbonyl (C=O) groups excluding carboxylic acids is 4. The van der Waals surface area contributed by atoms with Gasteiger partial charge in [-0.05, 0) is 95.5 Å². The number of imide groups is 1. The van der Waals surface area contributed by atoms with Gasteiger partial charge in [0.15, 0.2) is 5.78 Å². The van der Waals surface area contributed by atoms with Crippen LogP contribution in [0.4, 0.5) is 0 Å². The number of likely N-dealkylation sites (tertiary alicyclic amines) is 1. The number of ether oxygens (including phenoxy) is 1. The van der Waals surface area contributed by atoms with Crippen LogP contribution in [0.3, 0.4) is 0 Å². The number of hydrogen-bond acceptors (Lipinski definition) is 6. The third kappa shape index (κ3) is 13.2. The van der Waals surface area contributed by atoms with Crippen molar-refractivity contribution in [3.05, 3.63) is 60.2 Å². The zero-order valence-corrected chi connectivity index (χ0v) is 34.2. The highest BCUT2D eigenvalue weighted by Gasteiger charge is 2.58. The standard InChI is InChI=1S/C33H49NO5.C11H20O/c1-21(2)25-20-23(16-18-31(4,5)24-14-11-10-12-15-24)26-27(25)30(37)34(29(26)36)19-13-17-32(6,7)39-22(3)28(35)33(8,9)38;1-9(8-10(2)12)6-7-11(3,4)5/h10-12,14-16,18,21-23,25-27,38H,13,17,19-20H2,1-9H3;6-7,9H,8H2,1-5H3/b18-16+;7-6-. The Labute approximate surface area is 309 Å². The average molecular weight is 708 g/mol. The van der Waals surface area contributed by atoms with Crippen molar-refractivity contribution in [1.29, 1.82) is 0 Å². The van der Waals surface area contributed by atoms with Crippen LogP contribution in [-0.4, -0.2) is 57.2 Å². The molecule has 1 N–H and O–H groups in total. The third-order valence-electron chi connectivity index (χ3n) is 10.3. The SMILES string of the molecule is CC(=O)CC(C)/C=C\C(C)(C)C.CC(OC(C)(C)CCCN1C(=O)C2C(/C=C/C(C)(C)c3ccccc3)CC(C(C)C)C2C1=O)C(=O)C(C)(C)O. The van der Waals surface area contributed by atoms with Gasteiger partial charge in [-0.3, -0.25) is 19.3 Å². The summed E-state index contributed by atoms with van der Waals surface area (Å²) in [5.74, 6) is 0.153. The molecule has 1 aromatic rings. The number of Topliss-reactive ketones (excluding diaryl/α,β-unsaturated/α-hetero) is 2. The minimum atomic E-state index is -1.46. The Morgan fingerprint density at radius 2 is 1.47 bits per heavy atom. The van der Waals surface area contributed by atoms with Crippen LogP contribution in [0.25, 0.3) is 0 Å². The normalized spacial score (nSPS) is 22.8. The molecule has 1 aliphatic carbocycles. The summed E-state index contributed by atoms with van der Waals surface area (Å²) in [5, 5.41) is 10.0. The van der Waals surface area contributed by atoms with Crippen LogP contribution in [0.5, 0.6) is 0 Å². The summed E-state index contributed by atoms with van der Waals surface area (Å²) in [7, 11) is 0. The Kier molecular flexibility index (Phi) is 15.4. The molecule has 1 saturated carbocycles. The summed E-state index contributed by atoms with van der Waals surface area (Å²) in [4.78, 5) is 51.8. The highest BCUT2D eigenvalue weighted by molar-refractivity contribution is 6.06. The summed E-state index contributed by atoms with van der Waals surface area (Å²) in [6.45, 7) is 27.5. The van der Waals surface area contributed by atoms with Gasteiger partial charge in [0.2, 0.25) is 11.8 Å². The molecule has 51 heavy (non-hydrogen) atoms. The van der Waals surface area contributed by atoms with Crippen LogP contribution in [-0.2, 0) is 29.3 Å². The number of rotatable bonds is 15. The molecular formula is C44H69NO6. The number of allylic oxidation sites excluding steroid dienone is 4. The van der Waals surface area contributed by atoms with E-state index < -0.39 is 17.3 Å². The number of hydrogen-bond donors (Lipinski definition) is 1. The quantitative estimate of drug-likeness (QED) is 0.144. The van der Waals surface area contributed by atoms with E-state index in [-0.39, 0.29) is 57.9 Å². The summed E-state index contributed by atoms with van der Waals surface area (Å²) < 4.78 is 5.98. The van der Waals surface area contributed by atoms with E-state index in [4.69, 9.17) is 4.74 Å². The summed E-state index contributed by atoms with van der Waals surface area (Å²) in [5.41, 5.74) is -0.833. The van der Waals surface area contributed by atoms with E-state index in [0.29, 0.717) is 37.6 Å². The molecule has 6 atom stereocenters. The number of aliphatic hydroxyl groups is 1. The van der Waals surface area contributed by atoms with Crippen LogP contribution >= 0.6 is 0 Å². The first-order valence-electron chi connectivity index (χ1n) is 19.0. The number of benzene rings is 1. The van der Waals surface area contributed by atoms with Crippen molar-refractivity contribution < 1.29 is 29.0 Å². The maximum absolute atomic E-state index is 13.7. The molecular weight excluding hydrogens is 638 g/mol. The molecule has 2 fully saturated rings. The van der Waals surface area contributed by atoms with E-state index in [0.717, 1.165) is 6.42 Å². The molecule has 7 nitrogen and oxygen atoms in total. The van der Waals surface area contributed by atoms with Crippen LogP contribution in [0.2, 0.25) is 0 Å². The van der Waals surface area contributed by atoms with Crippen molar-refractivity contribution in [1.82, 2.24) is 4.90 Å². The number of fused-ring (bicyclic) bond motifs is 1. The minimum absolute atomic E-state index is 0.0359. The van der Waals surface area contributed by atoms with Gasteiger partial charge in [0, 0.05) is 18.4 Å². The van der Waals surface area contributed by atoms with Crippen LogP contribution < -0.4 is 0 Å².